The first-order chi connectivity index (χ1) is 12.2. The number of hydrogen-bond donors (Lipinski definition) is 1. The fourth-order valence-corrected chi connectivity index (χ4v) is 2.93. The summed E-state index contributed by atoms with van der Waals surface area (Å²) in [4.78, 5) is 24.7. The van der Waals surface area contributed by atoms with E-state index in [2.05, 4.69) is 9.88 Å². The van der Waals surface area contributed by atoms with Gasteiger partial charge in [0.25, 0.3) is 5.91 Å². The Morgan fingerprint density at radius 2 is 1.77 bits per heavy atom. The largest absolute Gasteiger partial charge is 0.449 e. The molecule has 0 aliphatic heterocycles. The van der Waals surface area contributed by atoms with Crippen molar-refractivity contribution in [2.24, 2.45) is 0 Å². The number of nitriles is 1. The lowest BCUT2D eigenvalue weighted by molar-refractivity contribution is -0.123. The predicted molar refractivity (Wildman–Crippen MR) is 99.0 cm³/mol. The quantitative estimate of drug-likeness (QED) is 0.830. The summed E-state index contributed by atoms with van der Waals surface area (Å²) in [5.41, 5.74) is 3.30. The highest BCUT2D eigenvalue weighted by Crippen LogP contribution is 2.21. The highest BCUT2D eigenvalue weighted by Gasteiger charge is 2.23. The van der Waals surface area contributed by atoms with Crippen LogP contribution in [0.2, 0.25) is 0 Å². The maximum atomic E-state index is 12.5. The van der Waals surface area contributed by atoms with Gasteiger partial charge in [0, 0.05) is 23.1 Å². The average Bonchev–Trinajstić information content (AvgIpc) is 2.90. The number of ether oxygens (including phenoxy) is 1. The van der Waals surface area contributed by atoms with Gasteiger partial charge in [0.2, 0.25) is 0 Å². The number of amides is 1. The Morgan fingerprint density at radius 3 is 2.27 bits per heavy atom. The third-order valence-electron chi connectivity index (χ3n) is 4.16. The van der Waals surface area contributed by atoms with Gasteiger partial charge in [-0.25, -0.2) is 4.79 Å². The number of esters is 1. The molecule has 0 saturated heterocycles. The summed E-state index contributed by atoms with van der Waals surface area (Å²) in [5.74, 6) is -0.951. The molecule has 0 bridgehead atoms. The van der Waals surface area contributed by atoms with Crippen molar-refractivity contribution >= 4 is 17.6 Å². The highest BCUT2D eigenvalue weighted by atomic mass is 16.5. The van der Waals surface area contributed by atoms with Crippen LogP contribution in [0.25, 0.3) is 0 Å². The van der Waals surface area contributed by atoms with Gasteiger partial charge in [0.1, 0.15) is 0 Å². The minimum atomic E-state index is -0.944. The van der Waals surface area contributed by atoms with Crippen molar-refractivity contribution in [1.82, 2.24) is 4.57 Å². The van der Waals surface area contributed by atoms with E-state index >= 15 is 0 Å². The number of aryl methyl sites for hydroxylation is 1. The Morgan fingerprint density at radius 1 is 1.15 bits per heavy atom. The molecule has 0 aliphatic rings. The van der Waals surface area contributed by atoms with Gasteiger partial charge in [0.15, 0.2) is 6.10 Å². The van der Waals surface area contributed by atoms with Crippen molar-refractivity contribution < 1.29 is 14.3 Å². The molecule has 0 aliphatic carbocycles. The number of benzene rings is 1. The molecule has 0 radical (unpaired) electrons. The molecule has 0 spiro atoms. The minimum absolute atomic E-state index is 0.230. The van der Waals surface area contributed by atoms with Crippen LogP contribution in [-0.4, -0.2) is 22.5 Å². The second-order valence-corrected chi connectivity index (χ2v) is 6.47. The van der Waals surface area contributed by atoms with E-state index < -0.39 is 18.0 Å². The molecule has 2 rings (SSSR count). The highest BCUT2D eigenvalue weighted by molar-refractivity contribution is 5.97. The normalized spacial score (nSPS) is 11.7. The van der Waals surface area contributed by atoms with E-state index in [0.717, 1.165) is 11.4 Å². The van der Waals surface area contributed by atoms with Crippen LogP contribution in [0, 0.1) is 25.2 Å². The summed E-state index contributed by atoms with van der Waals surface area (Å²) in [6.07, 6.45) is -0.944. The van der Waals surface area contributed by atoms with Crippen LogP contribution in [-0.2, 0) is 9.53 Å². The standard InChI is InChI=1S/C20H23N3O3/c1-12(2)23-13(3)10-18(14(23)4)20(25)26-15(5)19(24)22-17-8-6-16(11-21)7-9-17/h6-10,12,15H,1-5H3,(H,22,24)/t15-/m1/s1. The molecule has 1 aromatic carbocycles. The number of nitrogens with zero attached hydrogens (tertiary/aromatic N) is 2. The average molecular weight is 353 g/mol. The third kappa shape index (κ3) is 4.12. The lowest BCUT2D eigenvalue weighted by atomic mass is 10.2. The van der Waals surface area contributed by atoms with Crippen LogP contribution in [0.5, 0.6) is 0 Å². The number of rotatable bonds is 5. The molecule has 6 heteroatoms. The molecule has 2 aromatic rings. The van der Waals surface area contributed by atoms with Crippen LogP contribution < -0.4 is 5.32 Å². The smallest absolute Gasteiger partial charge is 0.340 e. The molecule has 0 unspecified atom stereocenters. The van der Waals surface area contributed by atoms with E-state index in [1.807, 2.05) is 33.8 Å². The second-order valence-electron chi connectivity index (χ2n) is 6.47. The van der Waals surface area contributed by atoms with Gasteiger partial charge >= 0.3 is 5.97 Å². The minimum Gasteiger partial charge on any atom is -0.449 e. The number of carbonyl (C=O) groups is 2. The monoisotopic (exact) mass is 353 g/mol. The summed E-state index contributed by atoms with van der Waals surface area (Å²) < 4.78 is 7.38. The summed E-state index contributed by atoms with van der Waals surface area (Å²) in [7, 11) is 0. The molecule has 1 N–H and O–H groups in total. The fourth-order valence-electron chi connectivity index (χ4n) is 2.93. The number of aromatic nitrogens is 1. The Balaban J connectivity index is 2.05. The number of hydrogen-bond acceptors (Lipinski definition) is 4. The number of nitrogens with one attached hydrogen (secondary N) is 1. The van der Waals surface area contributed by atoms with E-state index in [4.69, 9.17) is 10.00 Å². The van der Waals surface area contributed by atoms with Crippen molar-refractivity contribution in [3.8, 4) is 6.07 Å². The van der Waals surface area contributed by atoms with Crippen LogP contribution in [0.4, 0.5) is 5.69 Å². The molecule has 0 fully saturated rings. The molecule has 1 heterocycles. The molecule has 6 nitrogen and oxygen atoms in total. The van der Waals surface area contributed by atoms with Crippen molar-refractivity contribution in [1.29, 1.82) is 5.26 Å². The molecule has 1 amide bonds. The first kappa shape index (κ1) is 19.3. The molecule has 1 aromatic heterocycles. The zero-order valence-electron chi connectivity index (χ0n) is 15.7. The van der Waals surface area contributed by atoms with Gasteiger partial charge in [0.05, 0.1) is 17.2 Å². The van der Waals surface area contributed by atoms with Gasteiger partial charge in [-0.05, 0) is 65.0 Å². The Kier molecular flexibility index (Phi) is 5.83. The molecule has 0 saturated carbocycles. The topological polar surface area (TPSA) is 84.1 Å². The van der Waals surface area contributed by atoms with Crippen molar-refractivity contribution in [3.05, 3.63) is 52.8 Å². The van der Waals surface area contributed by atoms with Crippen molar-refractivity contribution in [3.63, 3.8) is 0 Å². The van der Waals surface area contributed by atoms with Crippen LogP contribution in [0.1, 0.15) is 54.1 Å². The first-order valence-corrected chi connectivity index (χ1v) is 8.45. The van der Waals surface area contributed by atoms with E-state index in [-0.39, 0.29) is 6.04 Å². The number of carbonyl (C=O) groups excluding carboxylic acids is 2. The third-order valence-corrected chi connectivity index (χ3v) is 4.16. The maximum Gasteiger partial charge on any atom is 0.340 e. The summed E-state index contributed by atoms with van der Waals surface area (Å²) >= 11 is 0. The Labute approximate surface area is 153 Å². The van der Waals surface area contributed by atoms with E-state index in [9.17, 15) is 9.59 Å². The predicted octanol–water partition coefficient (Wildman–Crippen LogP) is 3.74. The van der Waals surface area contributed by atoms with Crippen molar-refractivity contribution in [2.75, 3.05) is 5.32 Å². The molecule has 26 heavy (non-hydrogen) atoms. The van der Waals surface area contributed by atoms with Crippen LogP contribution in [0.15, 0.2) is 30.3 Å². The second kappa shape index (κ2) is 7.87. The summed E-state index contributed by atoms with van der Waals surface area (Å²) in [6.45, 7) is 9.42. The number of anilines is 1. The Bertz CT molecular complexity index is 858. The lowest BCUT2D eigenvalue weighted by Gasteiger charge is -2.15. The van der Waals surface area contributed by atoms with E-state index in [1.54, 1.807) is 30.3 Å². The van der Waals surface area contributed by atoms with Gasteiger partial charge in [-0.15, -0.1) is 0 Å². The molecular formula is C20H23N3O3. The lowest BCUT2D eigenvalue weighted by Crippen LogP contribution is -2.30. The first-order valence-electron chi connectivity index (χ1n) is 8.45. The van der Waals surface area contributed by atoms with Gasteiger partial charge in [-0.1, -0.05) is 0 Å². The SMILES string of the molecule is Cc1cc(C(=O)O[C@H](C)C(=O)Nc2ccc(C#N)cc2)c(C)n1C(C)C. The van der Waals surface area contributed by atoms with Gasteiger partial charge in [-0.3, -0.25) is 4.79 Å². The summed E-state index contributed by atoms with van der Waals surface area (Å²) in [6, 6.07) is 10.5. The zero-order chi connectivity index (χ0) is 19.4. The Hall–Kier alpha value is -3.07. The molecule has 136 valence electrons. The molecule has 1 atom stereocenters. The maximum absolute atomic E-state index is 12.5. The van der Waals surface area contributed by atoms with Crippen LogP contribution >= 0.6 is 0 Å². The van der Waals surface area contributed by atoms with E-state index in [1.165, 1.54) is 6.92 Å². The fraction of sp³-hybridized carbons (Fsp3) is 0.350. The van der Waals surface area contributed by atoms with Gasteiger partial charge < -0.3 is 14.6 Å². The van der Waals surface area contributed by atoms with Crippen molar-refractivity contribution in [2.45, 2.75) is 46.8 Å². The summed E-state index contributed by atoms with van der Waals surface area (Å²) in [5, 5.41) is 11.5. The van der Waals surface area contributed by atoms with E-state index in [0.29, 0.717) is 16.8 Å². The van der Waals surface area contributed by atoms with Crippen LogP contribution in [0.3, 0.4) is 0 Å². The molecular weight excluding hydrogens is 330 g/mol. The zero-order valence-corrected chi connectivity index (χ0v) is 15.7. The van der Waals surface area contributed by atoms with Gasteiger partial charge in [-0.2, -0.15) is 5.26 Å².